The highest BCUT2D eigenvalue weighted by atomic mass is 16.3. The van der Waals surface area contributed by atoms with Crippen molar-refractivity contribution in [3.63, 3.8) is 0 Å². The quantitative estimate of drug-likeness (QED) is 0.132. The molecule has 0 atom stereocenters. The van der Waals surface area contributed by atoms with Gasteiger partial charge in [0.25, 0.3) is 0 Å². The van der Waals surface area contributed by atoms with Crippen LogP contribution in [0.3, 0.4) is 0 Å². The van der Waals surface area contributed by atoms with E-state index in [-0.39, 0.29) is 0 Å². The summed E-state index contributed by atoms with van der Waals surface area (Å²) in [5.74, 6) is 3.44. The molecule has 454 valence electrons. The molecule has 0 spiro atoms. The van der Waals surface area contributed by atoms with E-state index < -0.39 is 0 Å². The lowest BCUT2D eigenvalue weighted by Gasteiger charge is -2.16. The number of benzene rings is 16. The van der Waals surface area contributed by atoms with Crippen LogP contribution in [-0.4, -0.2) is 29.9 Å². The molecule has 0 bridgehead atoms. The van der Waals surface area contributed by atoms with E-state index in [2.05, 4.69) is 224 Å². The molecule has 8 heteroatoms. The number of furan rings is 2. The van der Waals surface area contributed by atoms with E-state index >= 15 is 0 Å². The van der Waals surface area contributed by atoms with Crippen molar-refractivity contribution in [2.24, 2.45) is 0 Å². The van der Waals surface area contributed by atoms with Gasteiger partial charge in [0, 0.05) is 54.9 Å². The molecule has 0 fully saturated rings. The highest BCUT2D eigenvalue weighted by Crippen LogP contribution is 2.45. The number of para-hydroxylation sites is 2. The number of hydrogen-bond acceptors (Lipinski definition) is 8. The maximum Gasteiger partial charge on any atom is 0.164 e. The molecule has 0 amide bonds. The van der Waals surface area contributed by atoms with Crippen LogP contribution in [0.25, 0.3) is 210 Å². The molecule has 0 N–H and O–H groups in total. The molecule has 20 aromatic rings. The van der Waals surface area contributed by atoms with E-state index in [1.54, 1.807) is 0 Å². The van der Waals surface area contributed by atoms with Gasteiger partial charge in [-0.2, -0.15) is 0 Å². The van der Waals surface area contributed by atoms with Crippen LogP contribution in [0.2, 0.25) is 0 Å². The van der Waals surface area contributed by atoms with E-state index in [1.807, 2.05) is 91.0 Å². The van der Waals surface area contributed by atoms with Gasteiger partial charge in [0.05, 0.1) is 0 Å². The van der Waals surface area contributed by atoms with E-state index in [1.165, 1.54) is 48.5 Å². The molecule has 16 aromatic carbocycles. The van der Waals surface area contributed by atoms with Crippen molar-refractivity contribution < 1.29 is 8.83 Å². The van der Waals surface area contributed by atoms with Gasteiger partial charge in [-0.25, -0.2) is 29.9 Å². The SMILES string of the molecule is c1ccc(-c2nc(-c3cccc(-c4cc5ccc(-c6ccc(-c7nc(-c8cccc(-c9cc%10ccc%11ccccc%11c%10c%10ccccc9%10)c8)nc(-c8cccc9oc%10ccccc%10c89)n7)cc6)cc5c5c4ccc4ccccc45)c3)nc(-c3cccc4oc5ccccc5c34)n2)cc1. The third-order valence-corrected chi connectivity index (χ3v) is 19.5. The zero-order valence-corrected chi connectivity index (χ0v) is 52.5. The van der Waals surface area contributed by atoms with Gasteiger partial charge < -0.3 is 8.83 Å². The summed E-state index contributed by atoms with van der Waals surface area (Å²) < 4.78 is 12.8. The van der Waals surface area contributed by atoms with Crippen LogP contribution in [0.15, 0.2) is 324 Å². The summed E-state index contributed by atoms with van der Waals surface area (Å²) in [7, 11) is 0. The predicted molar refractivity (Wildman–Crippen MR) is 402 cm³/mol. The van der Waals surface area contributed by atoms with Crippen LogP contribution in [0.1, 0.15) is 0 Å². The zero-order valence-electron chi connectivity index (χ0n) is 52.5. The maximum absolute atomic E-state index is 6.44. The number of hydrogen-bond donors (Lipinski definition) is 0. The maximum atomic E-state index is 6.44. The normalized spacial score (nSPS) is 11.9. The first-order valence-corrected chi connectivity index (χ1v) is 33.0. The molecule has 8 nitrogen and oxygen atoms in total. The molecule has 0 unspecified atom stereocenters. The monoisotopic (exact) mass is 1250 g/mol. The van der Waals surface area contributed by atoms with Crippen molar-refractivity contribution in [1.29, 1.82) is 0 Å². The van der Waals surface area contributed by atoms with Crippen molar-refractivity contribution in [2.45, 2.75) is 0 Å². The van der Waals surface area contributed by atoms with Gasteiger partial charge in [0.2, 0.25) is 0 Å². The highest BCUT2D eigenvalue weighted by Gasteiger charge is 2.23. The number of nitrogens with zero attached hydrogens (tertiary/aromatic N) is 6. The third kappa shape index (κ3) is 9.07. The summed E-state index contributed by atoms with van der Waals surface area (Å²) in [6.45, 7) is 0. The van der Waals surface area contributed by atoms with Crippen molar-refractivity contribution in [3.05, 3.63) is 315 Å². The summed E-state index contributed by atoms with van der Waals surface area (Å²) in [6, 6.07) is 111. The highest BCUT2D eigenvalue weighted by molar-refractivity contribution is 6.26. The zero-order chi connectivity index (χ0) is 64.4. The van der Waals surface area contributed by atoms with Gasteiger partial charge in [0.1, 0.15) is 22.3 Å². The van der Waals surface area contributed by atoms with Gasteiger partial charge >= 0.3 is 0 Å². The first-order chi connectivity index (χ1) is 48.5. The molecule has 0 aliphatic carbocycles. The van der Waals surface area contributed by atoms with Gasteiger partial charge in [-0.05, 0) is 153 Å². The smallest absolute Gasteiger partial charge is 0.164 e. The molecule has 0 saturated carbocycles. The molecule has 0 radical (unpaired) electrons. The fourth-order valence-electron chi connectivity index (χ4n) is 14.9. The average molecular weight is 1250 g/mol. The van der Waals surface area contributed by atoms with Crippen LogP contribution in [0.4, 0.5) is 0 Å². The summed E-state index contributed by atoms with van der Waals surface area (Å²) in [6.07, 6.45) is 0. The Kier molecular flexibility index (Phi) is 12.5. The molecule has 0 aliphatic heterocycles. The lowest BCUT2D eigenvalue weighted by molar-refractivity contribution is 0.668. The van der Waals surface area contributed by atoms with Crippen LogP contribution >= 0.6 is 0 Å². The predicted octanol–water partition coefficient (Wildman–Crippen LogP) is 23.8. The Morgan fingerprint density at radius 2 is 0.561 bits per heavy atom. The van der Waals surface area contributed by atoms with E-state index in [9.17, 15) is 0 Å². The Bertz CT molecular complexity index is 6690. The summed E-state index contributed by atoms with van der Waals surface area (Å²) in [5, 5.41) is 18.2. The molecule has 4 heterocycles. The van der Waals surface area contributed by atoms with Crippen molar-refractivity contribution in [2.75, 3.05) is 0 Å². The minimum atomic E-state index is 0.560. The number of aromatic nitrogens is 6. The van der Waals surface area contributed by atoms with Gasteiger partial charge in [-0.15, -0.1) is 0 Å². The van der Waals surface area contributed by atoms with Crippen LogP contribution in [-0.2, 0) is 0 Å². The number of rotatable bonds is 9. The first-order valence-electron chi connectivity index (χ1n) is 33.0. The second kappa shape index (κ2) is 22.2. The molecule has 0 aliphatic rings. The van der Waals surface area contributed by atoms with E-state index in [0.717, 1.165) is 127 Å². The Morgan fingerprint density at radius 1 is 0.163 bits per heavy atom. The topological polar surface area (TPSA) is 104 Å². The Labute approximate surface area is 561 Å². The Balaban J connectivity index is 0.697. The fourth-order valence-corrected chi connectivity index (χ4v) is 14.9. The Morgan fingerprint density at radius 3 is 1.17 bits per heavy atom. The summed E-state index contributed by atoms with van der Waals surface area (Å²) in [5.41, 5.74) is 15.0. The second-order valence-corrected chi connectivity index (χ2v) is 25.2. The van der Waals surface area contributed by atoms with Crippen molar-refractivity contribution in [3.8, 4) is 102 Å². The van der Waals surface area contributed by atoms with Gasteiger partial charge in [0.15, 0.2) is 34.9 Å². The van der Waals surface area contributed by atoms with Gasteiger partial charge in [-0.1, -0.05) is 261 Å². The molecular formula is C90H52N6O2. The molecule has 4 aromatic heterocycles. The van der Waals surface area contributed by atoms with Crippen molar-refractivity contribution in [1.82, 2.24) is 29.9 Å². The van der Waals surface area contributed by atoms with E-state index in [0.29, 0.717) is 34.9 Å². The number of fused-ring (bicyclic) bond motifs is 16. The van der Waals surface area contributed by atoms with Crippen LogP contribution < -0.4 is 0 Å². The average Bonchev–Trinajstić information content (AvgIpc) is 0.884. The lowest BCUT2D eigenvalue weighted by atomic mass is 9.88. The van der Waals surface area contributed by atoms with Crippen LogP contribution in [0, 0.1) is 0 Å². The van der Waals surface area contributed by atoms with E-state index in [4.69, 9.17) is 38.7 Å². The molecule has 0 saturated heterocycles. The third-order valence-electron chi connectivity index (χ3n) is 19.5. The lowest BCUT2D eigenvalue weighted by Crippen LogP contribution is -2.00. The summed E-state index contributed by atoms with van der Waals surface area (Å²) >= 11 is 0. The largest absolute Gasteiger partial charge is 0.456 e. The molecule has 98 heavy (non-hydrogen) atoms. The van der Waals surface area contributed by atoms with Crippen LogP contribution in [0.5, 0.6) is 0 Å². The van der Waals surface area contributed by atoms with Gasteiger partial charge in [-0.3, -0.25) is 0 Å². The molecule has 20 rings (SSSR count). The second-order valence-electron chi connectivity index (χ2n) is 25.2. The first kappa shape index (κ1) is 55.2. The Hall–Kier alpha value is -13.3. The fraction of sp³-hybridized carbons (Fsp3) is 0. The standard InChI is InChI=1S/C90H52N6O2/c1-2-20-56(21-3-1)85-91-87(95-89(93-85)72-32-16-36-79-83(72)70-30-10-12-34-77(70)97-79)64-25-15-23-60(49-64)75-51-61-44-43-58(50-76(61)82-66-27-7-5-19-55(66)46-47-69(75)82)53-38-41-57(42-39-53)86-92-88(96-90(94-86)73-33-17-37-80-84(73)71-31-11-13-35-78(71)98-80)63-24-14-22-59(48-63)74-52-62-45-40-54-18-4-6-26-65(54)81(62)68-29-9-8-28-67(68)74/h1-52H. The van der Waals surface area contributed by atoms with Crippen molar-refractivity contribution >= 4 is 109 Å². The summed E-state index contributed by atoms with van der Waals surface area (Å²) in [4.78, 5) is 31.7. The minimum absolute atomic E-state index is 0.560. The minimum Gasteiger partial charge on any atom is -0.456 e. The molecular weight excluding hydrogens is 1200 g/mol.